The van der Waals surface area contributed by atoms with Gasteiger partial charge in [-0.25, -0.2) is 0 Å². The van der Waals surface area contributed by atoms with Crippen LogP contribution in [0.5, 0.6) is 0 Å². The van der Waals surface area contributed by atoms with Gasteiger partial charge in [0.25, 0.3) is 0 Å². The Kier molecular flexibility index (Phi) is 7.18. The predicted octanol–water partition coefficient (Wildman–Crippen LogP) is -1.95. The minimum absolute atomic E-state index is 0.00101. The van der Waals surface area contributed by atoms with Gasteiger partial charge in [0, 0.05) is 70.6 Å². The molecule has 2 saturated heterocycles. The van der Waals surface area contributed by atoms with E-state index in [2.05, 4.69) is 15.3 Å². The second-order valence-electron chi connectivity index (χ2n) is 7.85. The van der Waals surface area contributed by atoms with Crippen LogP contribution in [0.15, 0.2) is 0 Å². The van der Waals surface area contributed by atoms with Gasteiger partial charge in [0.15, 0.2) is 0 Å². The smallest absolute Gasteiger partial charge is 0.232 e. The average Bonchev–Trinajstić information content (AvgIpc) is 2.63. The van der Waals surface area contributed by atoms with E-state index in [4.69, 9.17) is 32.7 Å². The largest absolute Gasteiger partial charge is 0.385 e. The highest BCUT2D eigenvalue weighted by Gasteiger charge is 2.28. The maximum Gasteiger partial charge on any atom is 0.232 e. The number of hydrogen-bond acceptors (Lipinski definition) is 11. The molecule has 4 unspecified atom stereocenters. The normalized spacial score (nSPS) is 28.5. The summed E-state index contributed by atoms with van der Waals surface area (Å²) in [6.45, 7) is 4.04. The van der Waals surface area contributed by atoms with E-state index in [0.29, 0.717) is 57.2 Å². The van der Waals surface area contributed by atoms with Crippen molar-refractivity contribution in [3.63, 3.8) is 0 Å². The predicted molar refractivity (Wildman–Crippen MR) is 110 cm³/mol. The van der Waals surface area contributed by atoms with Gasteiger partial charge in [-0.3, -0.25) is 0 Å². The molecule has 3 rings (SSSR count). The first kappa shape index (κ1) is 20.9. The van der Waals surface area contributed by atoms with Crippen molar-refractivity contribution in [2.24, 2.45) is 22.9 Å². The highest BCUT2D eigenvalue weighted by molar-refractivity contribution is 5.46. The molecular formula is C17H34N10O. The molecular weight excluding hydrogens is 360 g/mol. The van der Waals surface area contributed by atoms with Crippen LogP contribution < -0.4 is 38.1 Å². The number of ether oxygens (including phenoxy) is 1. The van der Waals surface area contributed by atoms with E-state index in [9.17, 15) is 0 Å². The Bertz CT molecular complexity index is 568. The zero-order valence-corrected chi connectivity index (χ0v) is 16.6. The third kappa shape index (κ3) is 5.61. The zero-order valence-electron chi connectivity index (χ0n) is 16.6. The monoisotopic (exact) mass is 394 g/mol. The Morgan fingerprint density at radius 3 is 1.75 bits per heavy atom. The molecule has 0 spiro atoms. The number of anilines is 3. The lowest BCUT2D eigenvalue weighted by molar-refractivity contribution is 0.197. The van der Waals surface area contributed by atoms with Crippen molar-refractivity contribution in [3.8, 4) is 0 Å². The second-order valence-corrected chi connectivity index (χ2v) is 7.85. The van der Waals surface area contributed by atoms with Crippen LogP contribution in [0.25, 0.3) is 0 Å². The molecule has 4 atom stereocenters. The van der Waals surface area contributed by atoms with Crippen LogP contribution in [-0.2, 0) is 4.74 Å². The molecule has 0 amide bonds. The molecule has 11 heteroatoms. The Labute approximate surface area is 166 Å². The Morgan fingerprint density at radius 1 is 0.857 bits per heavy atom. The summed E-state index contributed by atoms with van der Waals surface area (Å²) < 4.78 is 5.10. The molecule has 158 valence electrons. The zero-order chi connectivity index (χ0) is 20.1. The van der Waals surface area contributed by atoms with Gasteiger partial charge in [0.05, 0.1) is 0 Å². The molecule has 1 aromatic rings. The summed E-state index contributed by atoms with van der Waals surface area (Å²) >= 11 is 0. The number of aromatic nitrogens is 3. The van der Waals surface area contributed by atoms with Crippen molar-refractivity contribution < 1.29 is 4.74 Å². The lowest BCUT2D eigenvalue weighted by Crippen LogP contribution is -2.54. The van der Waals surface area contributed by atoms with Crippen LogP contribution >= 0.6 is 0 Å². The van der Waals surface area contributed by atoms with E-state index < -0.39 is 0 Å². The van der Waals surface area contributed by atoms with Crippen molar-refractivity contribution in [2.75, 3.05) is 61.6 Å². The first-order valence-corrected chi connectivity index (χ1v) is 9.95. The summed E-state index contributed by atoms with van der Waals surface area (Å²) in [5.74, 6) is 1.69. The van der Waals surface area contributed by atoms with Gasteiger partial charge in [0.1, 0.15) is 0 Å². The number of nitrogens with zero attached hydrogens (tertiary/aromatic N) is 5. The van der Waals surface area contributed by atoms with Crippen molar-refractivity contribution in [2.45, 2.75) is 43.4 Å². The highest BCUT2D eigenvalue weighted by Crippen LogP contribution is 2.22. The summed E-state index contributed by atoms with van der Waals surface area (Å²) in [4.78, 5) is 18.0. The number of nitrogens with one attached hydrogen (secondary N) is 1. The Balaban J connectivity index is 1.83. The first-order chi connectivity index (χ1) is 13.4. The van der Waals surface area contributed by atoms with Crippen LogP contribution in [0.1, 0.15) is 19.3 Å². The van der Waals surface area contributed by atoms with Crippen LogP contribution in [0, 0.1) is 0 Å². The standard InChI is InChI=1S/C17H34N10O/c1-28-4-2-3-22-15-23-16(26-7-11(18)5-12(19)8-26)25-17(24-15)27-9-13(20)6-14(21)10-27/h11-14H,2-10,18-21H2,1H3,(H,22,23,24,25). The Hall–Kier alpha value is -1.79. The van der Waals surface area contributed by atoms with Crippen LogP contribution in [-0.4, -0.2) is 85.6 Å². The highest BCUT2D eigenvalue weighted by atomic mass is 16.5. The van der Waals surface area contributed by atoms with E-state index >= 15 is 0 Å². The third-order valence-corrected chi connectivity index (χ3v) is 5.02. The van der Waals surface area contributed by atoms with Crippen molar-refractivity contribution >= 4 is 17.8 Å². The maximum absolute atomic E-state index is 6.16. The van der Waals surface area contributed by atoms with Crippen molar-refractivity contribution in [1.82, 2.24) is 15.0 Å². The van der Waals surface area contributed by atoms with Crippen LogP contribution in [0.3, 0.4) is 0 Å². The summed E-state index contributed by atoms with van der Waals surface area (Å²) in [6, 6.07) is -0.00404. The number of piperidine rings is 2. The molecule has 0 radical (unpaired) electrons. The van der Waals surface area contributed by atoms with Gasteiger partial charge in [-0.2, -0.15) is 15.0 Å². The minimum atomic E-state index is -0.00101. The van der Waals surface area contributed by atoms with Crippen molar-refractivity contribution in [3.05, 3.63) is 0 Å². The summed E-state index contributed by atoms with van der Waals surface area (Å²) in [5, 5.41) is 3.26. The fraction of sp³-hybridized carbons (Fsp3) is 0.824. The lowest BCUT2D eigenvalue weighted by Gasteiger charge is -2.37. The fourth-order valence-corrected chi connectivity index (χ4v) is 3.82. The van der Waals surface area contributed by atoms with Gasteiger partial charge in [-0.05, 0) is 19.3 Å². The van der Waals surface area contributed by atoms with Gasteiger partial charge in [-0.1, -0.05) is 0 Å². The molecule has 0 bridgehead atoms. The molecule has 11 nitrogen and oxygen atoms in total. The molecule has 1 aromatic heterocycles. The molecule has 9 N–H and O–H groups in total. The lowest BCUT2D eigenvalue weighted by atomic mass is 10.0. The molecule has 0 aromatic carbocycles. The van der Waals surface area contributed by atoms with E-state index in [1.807, 2.05) is 9.80 Å². The SMILES string of the molecule is COCCCNc1nc(N2CC(N)CC(N)C2)nc(N2CC(N)CC(N)C2)n1. The molecule has 0 aliphatic carbocycles. The molecule has 28 heavy (non-hydrogen) atoms. The molecule has 2 aliphatic heterocycles. The summed E-state index contributed by atoms with van der Waals surface area (Å²) in [5.41, 5.74) is 24.6. The van der Waals surface area contributed by atoms with Gasteiger partial charge < -0.3 is 42.8 Å². The second kappa shape index (κ2) is 9.61. The van der Waals surface area contributed by atoms with Crippen LogP contribution in [0.2, 0.25) is 0 Å². The molecule has 0 saturated carbocycles. The fourth-order valence-electron chi connectivity index (χ4n) is 3.82. The Morgan fingerprint density at radius 2 is 1.32 bits per heavy atom. The van der Waals surface area contributed by atoms with Crippen LogP contribution in [0.4, 0.5) is 17.8 Å². The van der Waals surface area contributed by atoms with E-state index in [0.717, 1.165) is 19.3 Å². The number of rotatable bonds is 7. The first-order valence-electron chi connectivity index (χ1n) is 9.95. The topological polar surface area (TPSA) is 170 Å². The van der Waals surface area contributed by atoms with Gasteiger partial charge in [0.2, 0.25) is 17.8 Å². The van der Waals surface area contributed by atoms with E-state index in [1.165, 1.54) is 0 Å². The van der Waals surface area contributed by atoms with E-state index in [1.54, 1.807) is 7.11 Å². The average molecular weight is 395 g/mol. The molecule has 3 heterocycles. The number of methoxy groups -OCH3 is 1. The quantitative estimate of drug-likeness (QED) is 0.325. The summed E-state index contributed by atoms with van der Waals surface area (Å²) in [7, 11) is 1.69. The van der Waals surface area contributed by atoms with Gasteiger partial charge in [-0.15, -0.1) is 0 Å². The van der Waals surface area contributed by atoms with Crippen molar-refractivity contribution in [1.29, 1.82) is 0 Å². The number of hydrogen-bond donors (Lipinski definition) is 5. The maximum atomic E-state index is 6.16. The number of nitrogens with two attached hydrogens (primary N) is 4. The minimum Gasteiger partial charge on any atom is -0.385 e. The summed E-state index contributed by atoms with van der Waals surface area (Å²) in [6.07, 6.45) is 2.45. The molecule has 2 aliphatic rings. The van der Waals surface area contributed by atoms with Gasteiger partial charge >= 0.3 is 0 Å². The van der Waals surface area contributed by atoms with E-state index in [-0.39, 0.29) is 24.2 Å². The molecule has 2 fully saturated rings. The third-order valence-electron chi connectivity index (χ3n) is 5.02.